The number of hydrogen-bond donors (Lipinski definition) is 1. The highest BCUT2D eigenvalue weighted by atomic mass is 16.5. The van der Waals surface area contributed by atoms with Gasteiger partial charge in [-0.1, -0.05) is 18.2 Å². The average Bonchev–Trinajstić information content (AvgIpc) is 3.22. The van der Waals surface area contributed by atoms with Gasteiger partial charge in [-0.05, 0) is 67.3 Å². The Hall–Kier alpha value is -2.63. The van der Waals surface area contributed by atoms with Crippen LogP contribution in [0, 0.1) is 13.8 Å². The molecule has 3 heterocycles. The molecule has 2 aromatic rings. The van der Waals surface area contributed by atoms with Gasteiger partial charge in [0.05, 0.1) is 6.10 Å². The van der Waals surface area contributed by atoms with Gasteiger partial charge < -0.3 is 19.6 Å². The van der Waals surface area contributed by atoms with Crippen molar-refractivity contribution in [3.05, 3.63) is 64.7 Å². The number of aryl methyl sites for hydroxylation is 2. The molecule has 2 aromatic carbocycles. The molecule has 0 saturated carbocycles. The lowest BCUT2D eigenvalue weighted by molar-refractivity contribution is -0.117. The fraction of sp³-hybridized carbons (Fsp3) is 0.444. The van der Waals surface area contributed by atoms with Crippen molar-refractivity contribution < 1.29 is 14.6 Å². The molecule has 5 heteroatoms. The zero-order chi connectivity index (χ0) is 22.3. The SMILES string of the molecule is Cc1cc2c(cc1C)OC1(C=C2)CCN(CC(O)c2ccc(N3CCCC3=O)cc2)CC1. The lowest BCUT2D eigenvalue weighted by atomic mass is 9.87. The number of aliphatic hydroxyl groups excluding tert-OH is 1. The highest BCUT2D eigenvalue weighted by Gasteiger charge is 2.37. The van der Waals surface area contributed by atoms with E-state index in [-0.39, 0.29) is 11.5 Å². The fourth-order valence-electron chi connectivity index (χ4n) is 5.06. The van der Waals surface area contributed by atoms with Crippen molar-refractivity contribution in [3.8, 4) is 5.75 Å². The predicted octanol–water partition coefficient (Wildman–Crippen LogP) is 4.40. The van der Waals surface area contributed by atoms with Crippen LogP contribution in [0.4, 0.5) is 5.69 Å². The summed E-state index contributed by atoms with van der Waals surface area (Å²) in [7, 11) is 0. The second-order valence-electron chi connectivity index (χ2n) is 9.53. The number of fused-ring (bicyclic) bond motifs is 1. The Balaban J connectivity index is 1.18. The molecular weight excluding hydrogens is 400 g/mol. The third kappa shape index (κ3) is 4.07. The Labute approximate surface area is 190 Å². The van der Waals surface area contributed by atoms with E-state index in [1.807, 2.05) is 29.2 Å². The van der Waals surface area contributed by atoms with Crippen molar-refractivity contribution in [1.29, 1.82) is 0 Å². The molecule has 0 bridgehead atoms. The van der Waals surface area contributed by atoms with E-state index < -0.39 is 6.10 Å². The van der Waals surface area contributed by atoms with Crippen LogP contribution in [0.25, 0.3) is 6.08 Å². The number of carbonyl (C=O) groups is 1. The number of rotatable bonds is 4. The summed E-state index contributed by atoms with van der Waals surface area (Å²) in [5.74, 6) is 1.17. The Morgan fingerprint density at radius 1 is 1.06 bits per heavy atom. The number of nitrogens with zero attached hydrogens (tertiary/aromatic N) is 2. The molecule has 3 aliphatic rings. The zero-order valence-electron chi connectivity index (χ0n) is 19.0. The summed E-state index contributed by atoms with van der Waals surface area (Å²) in [6.07, 6.45) is 7.28. The number of ether oxygens (including phenoxy) is 1. The van der Waals surface area contributed by atoms with Crippen LogP contribution in [0.3, 0.4) is 0 Å². The largest absolute Gasteiger partial charge is 0.482 e. The second-order valence-corrected chi connectivity index (χ2v) is 9.53. The summed E-state index contributed by atoms with van der Waals surface area (Å²) in [4.78, 5) is 16.1. The number of carbonyl (C=O) groups excluding carboxylic acids is 1. The van der Waals surface area contributed by atoms with E-state index in [0.717, 1.165) is 61.5 Å². The maximum atomic E-state index is 11.9. The second kappa shape index (κ2) is 8.38. The van der Waals surface area contributed by atoms with Crippen molar-refractivity contribution >= 4 is 17.7 Å². The third-order valence-corrected chi connectivity index (χ3v) is 7.30. The van der Waals surface area contributed by atoms with Crippen LogP contribution in [-0.2, 0) is 4.79 Å². The molecule has 0 radical (unpaired) electrons. The van der Waals surface area contributed by atoms with E-state index >= 15 is 0 Å². The highest BCUT2D eigenvalue weighted by Crippen LogP contribution is 2.38. The maximum absolute atomic E-state index is 11.9. The van der Waals surface area contributed by atoms with E-state index in [1.54, 1.807) is 0 Å². The van der Waals surface area contributed by atoms with Crippen LogP contribution in [0.5, 0.6) is 5.75 Å². The monoisotopic (exact) mass is 432 g/mol. The Kier molecular flexibility index (Phi) is 5.56. The molecule has 5 nitrogen and oxygen atoms in total. The van der Waals surface area contributed by atoms with Crippen LogP contribution in [0.2, 0.25) is 0 Å². The van der Waals surface area contributed by atoms with Gasteiger partial charge in [-0.3, -0.25) is 4.79 Å². The molecule has 1 N–H and O–H groups in total. The fourth-order valence-corrected chi connectivity index (χ4v) is 5.06. The van der Waals surface area contributed by atoms with Crippen molar-refractivity contribution in [2.45, 2.75) is 51.2 Å². The Morgan fingerprint density at radius 2 is 1.78 bits per heavy atom. The molecular formula is C27H32N2O3. The number of anilines is 1. The van der Waals surface area contributed by atoms with Crippen LogP contribution in [0.15, 0.2) is 42.5 Å². The molecule has 168 valence electrons. The summed E-state index contributed by atoms with van der Waals surface area (Å²) in [6.45, 7) is 7.44. The smallest absolute Gasteiger partial charge is 0.227 e. The van der Waals surface area contributed by atoms with Gasteiger partial charge in [0.2, 0.25) is 5.91 Å². The summed E-state index contributed by atoms with van der Waals surface area (Å²) >= 11 is 0. The molecule has 2 fully saturated rings. The molecule has 3 aliphatic heterocycles. The number of β-amino-alcohol motifs (C(OH)–C–C–N with tert-alkyl or cyclic N) is 1. The first-order valence-corrected chi connectivity index (χ1v) is 11.7. The number of benzene rings is 2. The maximum Gasteiger partial charge on any atom is 0.227 e. The number of hydrogen-bond acceptors (Lipinski definition) is 4. The molecule has 1 amide bonds. The molecule has 0 aromatic heterocycles. The van der Waals surface area contributed by atoms with Crippen LogP contribution < -0.4 is 9.64 Å². The number of likely N-dealkylation sites (tertiary alicyclic amines) is 1. The van der Waals surface area contributed by atoms with Crippen LogP contribution >= 0.6 is 0 Å². The number of amides is 1. The first-order chi connectivity index (χ1) is 15.4. The van der Waals surface area contributed by atoms with Crippen molar-refractivity contribution in [2.75, 3.05) is 31.1 Å². The normalized spacial score (nSPS) is 21.0. The van der Waals surface area contributed by atoms with Gasteiger partial charge in [-0.2, -0.15) is 0 Å². The lowest BCUT2D eigenvalue weighted by Crippen LogP contribution is -2.48. The first-order valence-electron chi connectivity index (χ1n) is 11.7. The van der Waals surface area contributed by atoms with Gasteiger partial charge in [-0.15, -0.1) is 0 Å². The van der Waals surface area contributed by atoms with Gasteiger partial charge >= 0.3 is 0 Å². The standard InChI is InChI=1S/C27H32N2O3/c1-19-16-22-9-10-27(32-25(22)17-20(19)2)11-14-28(15-12-27)18-24(30)21-5-7-23(8-6-21)29-13-3-4-26(29)31/h5-10,16-17,24,30H,3-4,11-15,18H2,1-2H3. The van der Waals surface area contributed by atoms with E-state index in [4.69, 9.17) is 4.74 Å². The van der Waals surface area contributed by atoms with E-state index in [2.05, 4.69) is 43.0 Å². The van der Waals surface area contributed by atoms with Crippen LogP contribution in [0.1, 0.15) is 54.0 Å². The first kappa shape index (κ1) is 21.2. The summed E-state index contributed by atoms with van der Waals surface area (Å²) in [6, 6.07) is 12.2. The summed E-state index contributed by atoms with van der Waals surface area (Å²) < 4.78 is 6.50. The molecule has 1 unspecified atom stereocenters. The summed E-state index contributed by atoms with van der Waals surface area (Å²) in [5, 5.41) is 10.8. The molecule has 32 heavy (non-hydrogen) atoms. The molecule has 5 rings (SSSR count). The number of piperidine rings is 1. The molecule has 1 spiro atoms. The quantitative estimate of drug-likeness (QED) is 0.778. The van der Waals surface area contributed by atoms with Crippen molar-refractivity contribution in [1.82, 2.24) is 4.90 Å². The Bertz CT molecular complexity index is 1040. The van der Waals surface area contributed by atoms with E-state index in [1.165, 1.54) is 11.1 Å². The summed E-state index contributed by atoms with van der Waals surface area (Å²) in [5.41, 5.74) is 5.30. The molecule has 2 saturated heterocycles. The van der Waals surface area contributed by atoms with Crippen LogP contribution in [-0.4, -0.2) is 47.7 Å². The van der Waals surface area contributed by atoms with Crippen molar-refractivity contribution in [2.24, 2.45) is 0 Å². The minimum atomic E-state index is -0.540. The molecule has 1 atom stereocenters. The van der Waals surface area contributed by atoms with Gasteiger partial charge in [0.25, 0.3) is 0 Å². The molecule has 0 aliphatic carbocycles. The highest BCUT2D eigenvalue weighted by molar-refractivity contribution is 5.95. The minimum Gasteiger partial charge on any atom is -0.482 e. The third-order valence-electron chi connectivity index (χ3n) is 7.30. The predicted molar refractivity (Wildman–Crippen MR) is 127 cm³/mol. The zero-order valence-corrected chi connectivity index (χ0v) is 19.0. The topological polar surface area (TPSA) is 53.0 Å². The van der Waals surface area contributed by atoms with Gasteiger partial charge in [0, 0.05) is 56.7 Å². The van der Waals surface area contributed by atoms with Gasteiger partial charge in [0.15, 0.2) is 0 Å². The van der Waals surface area contributed by atoms with Crippen molar-refractivity contribution in [3.63, 3.8) is 0 Å². The van der Waals surface area contributed by atoms with Gasteiger partial charge in [-0.25, -0.2) is 0 Å². The van der Waals surface area contributed by atoms with E-state index in [0.29, 0.717) is 13.0 Å². The number of aliphatic hydroxyl groups is 1. The average molecular weight is 433 g/mol. The van der Waals surface area contributed by atoms with Gasteiger partial charge in [0.1, 0.15) is 11.4 Å². The lowest BCUT2D eigenvalue weighted by Gasteiger charge is -2.42. The van der Waals surface area contributed by atoms with E-state index in [9.17, 15) is 9.90 Å². The Morgan fingerprint density at radius 3 is 2.47 bits per heavy atom. The minimum absolute atomic E-state index is 0.187.